The number of aliphatic carboxylic acids is 1. The van der Waals surface area contributed by atoms with E-state index in [4.69, 9.17) is 24.7 Å². The van der Waals surface area contributed by atoms with E-state index in [0.29, 0.717) is 17.8 Å². The van der Waals surface area contributed by atoms with Gasteiger partial charge < -0.3 is 60.3 Å². The molecule has 3 atom stereocenters. The number of benzene rings is 2. The Kier molecular flexibility index (Phi) is 22.7. The summed E-state index contributed by atoms with van der Waals surface area (Å²) < 4.78 is 52.9. The molecule has 7 N–H and O–H groups in total. The average molecular weight is 984 g/mol. The number of nitrogens with one attached hydrogen (secondary N) is 3. The summed E-state index contributed by atoms with van der Waals surface area (Å²) >= 11 is 0. The van der Waals surface area contributed by atoms with Crippen LogP contribution in [0.5, 0.6) is 0 Å². The van der Waals surface area contributed by atoms with Gasteiger partial charge in [-0.05, 0) is 41.7 Å². The van der Waals surface area contributed by atoms with Crippen molar-refractivity contribution in [3.05, 3.63) is 95.8 Å². The predicted octanol–water partition coefficient (Wildman–Crippen LogP) is 1.29. The zero-order chi connectivity index (χ0) is 51.2. The van der Waals surface area contributed by atoms with Gasteiger partial charge >= 0.3 is 5.97 Å². The topological polar surface area (TPSA) is 270 Å². The summed E-state index contributed by atoms with van der Waals surface area (Å²) in [6.45, 7) is 5.84. The first-order valence-electron chi connectivity index (χ1n) is 22.7. The maximum absolute atomic E-state index is 15.1. The normalized spacial score (nSPS) is 13.8. The molecule has 0 fully saturated rings. The van der Waals surface area contributed by atoms with E-state index in [1.807, 2.05) is 55.7 Å². The fraction of sp³-hybridized carbons (Fsp3) is 0.479. The Labute approximate surface area is 404 Å². The number of carbonyl (C=O) groups is 7. The lowest BCUT2D eigenvalue weighted by molar-refractivity contribution is -0.142. The van der Waals surface area contributed by atoms with E-state index in [1.54, 1.807) is 12.3 Å². The highest BCUT2D eigenvalue weighted by Crippen LogP contribution is 2.41. The van der Waals surface area contributed by atoms with Gasteiger partial charge in [0, 0.05) is 67.8 Å². The lowest BCUT2D eigenvalue weighted by Gasteiger charge is -2.41. The van der Waals surface area contributed by atoms with Crippen molar-refractivity contribution in [2.24, 2.45) is 11.1 Å². The molecule has 1 aliphatic heterocycles. The molecular formula is C48H63F2N7O13. The molecule has 2 heterocycles. The van der Waals surface area contributed by atoms with Crippen molar-refractivity contribution < 1.29 is 71.5 Å². The third-order valence-corrected chi connectivity index (χ3v) is 10.7. The Hall–Kier alpha value is -6.43. The standard InChI is InChI=1S/C48H63F2N7O13/c1-48(2,3)45(39-25-33(35-26-34(49)9-10-36(35)50)29-55(39)28-32-7-5-4-6-8-32)56(44(63)31-58)16-13-37(51)46(64)54-38(47(65)66)27-53-40(59)14-17-67-19-21-69-23-24-70-22-20-68-18-15-52-41(60)30-57-42(61)11-12-43(57)62/h4-12,25-26,29,37-38,45,58H,13-24,27-28,30-31,51H2,1-3H3,(H,52,60)(H,53,59)(H,54,64)(H,65,66)/t37?,38-,45?/m1/s1. The van der Waals surface area contributed by atoms with Gasteiger partial charge in [0.15, 0.2) is 0 Å². The number of aromatic nitrogens is 1. The molecular weight excluding hydrogens is 921 g/mol. The number of aliphatic hydroxyl groups excluding tert-OH is 1. The molecule has 2 aromatic carbocycles. The number of hydrogen-bond donors (Lipinski definition) is 6. The Morgan fingerprint density at radius 1 is 0.814 bits per heavy atom. The van der Waals surface area contributed by atoms with Gasteiger partial charge in [0.25, 0.3) is 11.8 Å². The maximum atomic E-state index is 15.1. The average Bonchev–Trinajstić information content (AvgIpc) is 3.87. The molecule has 0 saturated heterocycles. The first-order chi connectivity index (χ1) is 33.4. The van der Waals surface area contributed by atoms with Crippen LogP contribution < -0.4 is 21.7 Å². The first kappa shape index (κ1) is 56.2. The minimum absolute atomic E-state index is 0.00275. The second-order valence-electron chi connectivity index (χ2n) is 17.1. The number of hydrogen-bond acceptors (Lipinski definition) is 13. The van der Waals surface area contributed by atoms with E-state index in [1.165, 1.54) is 4.90 Å². The molecule has 1 aromatic heterocycles. The molecule has 0 aliphatic carbocycles. The summed E-state index contributed by atoms with van der Waals surface area (Å²) in [7, 11) is 0. The molecule has 20 nitrogen and oxygen atoms in total. The van der Waals surface area contributed by atoms with Crippen LogP contribution in [0.1, 0.15) is 50.9 Å². The van der Waals surface area contributed by atoms with Crippen molar-refractivity contribution in [2.75, 3.05) is 85.6 Å². The predicted molar refractivity (Wildman–Crippen MR) is 248 cm³/mol. The third kappa shape index (κ3) is 18.1. The SMILES string of the molecule is CC(C)(C)C(c1cc(-c2cc(F)ccc2F)cn1Cc1ccccc1)N(CCC(N)C(=O)N[C@H](CNC(=O)CCOCCOCCOCCOCCNC(=O)CN1C(=O)C=CC1=O)C(=O)O)C(=O)CO. The number of carbonyl (C=O) groups excluding carboxylic acids is 6. The first-order valence-corrected chi connectivity index (χ1v) is 22.7. The summed E-state index contributed by atoms with van der Waals surface area (Å²) in [6.07, 6.45) is 3.59. The van der Waals surface area contributed by atoms with Gasteiger partial charge in [0.1, 0.15) is 30.8 Å². The molecule has 0 radical (unpaired) electrons. The number of nitrogens with zero attached hydrogens (tertiary/aromatic N) is 3. The molecule has 70 heavy (non-hydrogen) atoms. The monoisotopic (exact) mass is 983 g/mol. The second kappa shape index (κ2) is 28.3. The molecule has 2 unspecified atom stereocenters. The summed E-state index contributed by atoms with van der Waals surface area (Å²) in [5, 5.41) is 27.3. The van der Waals surface area contributed by atoms with Crippen molar-refractivity contribution in [2.45, 2.75) is 58.3 Å². The van der Waals surface area contributed by atoms with Gasteiger partial charge in [-0.2, -0.15) is 0 Å². The van der Waals surface area contributed by atoms with Crippen LogP contribution in [0.3, 0.4) is 0 Å². The van der Waals surface area contributed by atoms with E-state index in [0.717, 1.165) is 40.8 Å². The van der Waals surface area contributed by atoms with Crippen LogP contribution in [0, 0.1) is 17.0 Å². The van der Waals surface area contributed by atoms with Crippen molar-refractivity contribution in [1.82, 2.24) is 30.3 Å². The molecule has 0 bridgehead atoms. The van der Waals surface area contributed by atoms with E-state index < -0.39 is 89.7 Å². The minimum Gasteiger partial charge on any atom is -0.480 e. The van der Waals surface area contributed by atoms with Crippen LogP contribution in [-0.4, -0.2) is 164 Å². The number of aliphatic hydroxyl groups is 1. The summed E-state index contributed by atoms with van der Waals surface area (Å²) in [6, 6.07) is 10.5. The van der Waals surface area contributed by atoms with E-state index >= 15 is 4.39 Å². The third-order valence-electron chi connectivity index (χ3n) is 10.7. The highest BCUT2D eigenvalue weighted by molar-refractivity contribution is 6.14. The van der Waals surface area contributed by atoms with Gasteiger partial charge in [0.2, 0.25) is 23.6 Å². The molecule has 6 amide bonds. The number of carboxylic acids is 1. The van der Waals surface area contributed by atoms with Crippen LogP contribution in [0.4, 0.5) is 8.78 Å². The lowest BCUT2D eigenvalue weighted by Crippen LogP contribution is -2.53. The van der Waals surface area contributed by atoms with E-state index in [-0.39, 0.29) is 90.9 Å². The largest absolute Gasteiger partial charge is 0.480 e. The zero-order valence-corrected chi connectivity index (χ0v) is 39.5. The minimum atomic E-state index is -1.55. The Morgan fingerprint density at radius 2 is 1.43 bits per heavy atom. The smallest absolute Gasteiger partial charge is 0.328 e. The van der Waals surface area contributed by atoms with Gasteiger partial charge in [0.05, 0.1) is 64.9 Å². The van der Waals surface area contributed by atoms with Crippen molar-refractivity contribution in [1.29, 1.82) is 0 Å². The van der Waals surface area contributed by atoms with Gasteiger partial charge in [-0.1, -0.05) is 51.1 Å². The quantitative estimate of drug-likeness (QED) is 0.0392. The van der Waals surface area contributed by atoms with Gasteiger partial charge in [-0.3, -0.25) is 33.7 Å². The van der Waals surface area contributed by atoms with Gasteiger partial charge in [-0.25, -0.2) is 13.6 Å². The van der Waals surface area contributed by atoms with Crippen LogP contribution in [0.25, 0.3) is 11.1 Å². The molecule has 3 aromatic rings. The number of rotatable bonds is 31. The van der Waals surface area contributed by atoms with Crippen LogP contribution in [0.15, 0.2) is 72.9 Å². The molecule has 382 valence electrons. The van der Waals surface area contributed by atoms with Crippen molar-refractivity contribution >= 4 is 41.4 Å². The second-order valence-corrected chi connectivity index (χ2v) is 17.1. The lowest BCUT2D eigenvalue weighted by atomic mass is 9.82. The Bertz CT molecular complexity index is 2250. The fourth-order valence-corrected chi connectivity index (χ4v) is 7.27. The number of amides is 6. The van der Waals surface area contributed by atoms with Crippen molar-refractivity contribution in [3.63, 3.8) is 0 Å². The fourth-order valence-electron chi connectivity index (χ4n) is 7.27. The van der Waals surface area contributed by atoms with E-state index in [2.05, 4.69) is 16.0 Å². The molecule has 0 saturated carbocycles. The van der Waals surface area contributed by atoms with Crippen molar-refractivity contribution in [3.8, 4) is 11.1 Å². The molecule has 4 rings (SSSR count). The van der Waals surface area contributed by atoms with E-state index in [9.17, 15) is 48.2 Å². The highest BCUT2D eigenvalue weighted by atomic mass is 19.1. The van der Waals surface area contributed by atoms with Crippen LogP contribution in [0.2, 0.25) is 0 Å². The summed E-state index contributed by atoms with van der Waals surface area (Å²) in [4.78, 5) is 88.4. The Balaban J connectivity index is 1.17. The van der Waals surface area contributed by atoms with Crippen LogP contribution in [-0.2, 0) is 59.1 Å². The molecule has 0 spiro atoms. The maximum Gasteiger partial charge on any atom is 0.328 e. The Morgan fingerprint density at radius 3 is 2.03 bits per heavy atom. The number of nitrogens with two attached hydrogens (primary N) is 1. The number of carboxylic acid groups (broad SMARTS) is 1. The molecule has 1 aliphatic rings. The number of imide groups is 1. The number of halogens is 2. The zero-order valence-electron chi connectivity index (χ0n) is 39.5. The number of ether oxygens (including phenoxy) is 4. The summed E-state index contributed by atoms with van der Waals surface area (Å²) in [5.74, 6) is -6.39. The van der Waals surface area contributed by atoms with Gasteiger partial charge in [-0.15, -0.1) is 0 Å². The highest BCUT2D eigenvalue weighted by Gasteiger charge is 2.38. The van der Waals surface area contributed by atoms with Crippen LogP contribution >= 0.6 is 0 Å². The molecule has 22 heteroatoms. The summed E-state index contributed by atoms with van der Waals surface area (Å²) in [5.41, 5.74) is 7.29.